The third kappa shape index (κ3) is 4.20. The van der Waals surface area contributed by atoms with Crippen LogP contribution in [0.2, 0.25) is 0 Å². The van der Waals surface area contributed by atoms with Crippen molar-refractivity contribution in [1.82, 2.24) is 0 Å². The molecular weight excluding hydrogens is 198 g/mol. The van der Waals surface area contributed by atoms with Crippen LogP contribution in [0.4, 0.5) is 0 Å². The quantitative estimate of drug-likeness (QED) is 0.366. The van der Waals surface area contributed by atoms with Crippen LogP contribution in [0.25, 0.3) is 0 Å². The van der Waals surface area contributed by atoms with Crippen molar-refractivity contribution in [1.29, 1.82) is 0 Å². The zero-order valence-electron chi connectivity index (χ0n) is 9.36. The van der Waals surface area contributed by atoms with E-state index in [4.69, 9.17) is 4.74 Å². The summed E-state index contributed by atoms with van der Waals surface area (Å²) >= 11 is 0. The first kappa shape index (κ1) is 13.8. The first-order valence-corrected chi connectivity index (χ1v) is 4.74. The minimum Gasteiger partial charge on any atom is -0.357 e. The number of carbonyl (C=O) groups excluding carboxylic acids is 1. The summed E-state index contributed by atoms with van der Waals surface area (Å²) in [7, 11) is 0. The van der Waals surface area contributed by atoms with E-state index in [9.17, 15) is 14.9 Å². The van der Waals surface area contributed by atoms with Crippen molar-refractivity contribution in [3.8, 4) is 0 Å². The summed E-state index contributed by atoms with van der Waals surface area (Å²) in [6.07, 6.45) is 1.46. The third-order valence-corrected chi connectivity index (χ3v) is 2.00. The van der Waals surface area contributed by atoms with E-state index in [1.54, 1.807) is 13.8 Å². The fourth-order valence-electron chi connectivity index (χ4n) is 1.29. The van der Waals surface area contributed by atoms with Crippen LogP contribution in [-0.2, 0) is 9.53 Å². The maximum atomic E-state index is 11.7. The molecule has 0 spiro atoms. The number of hydrogen-bond donors (Lipinski definition) is 0. The first-order valence-electron chi connectivity index (χ1n) is 4.74. The monoisotopic (exact) mass is 215 g/mol. The summed E-state index contributed by atoms with van der Waals surface area (Å²) in [6, 6.07) is 0. The highest BCUT2D eigenvalue weighted by Crippen LogP contribution is 2.17. The van der Waals surface area contributed by atoms with Crippen LogP contribution >= 0.6 is 0 Å². The molecule has 0 saturated heterocycles. The van der Waals surface area contributed by atoms with Gasteiger partial charge in [0.15, 0.2) is 11.4 Å². The first-order chi connectivity index (χ1) is 6.83. The minimum atomic E-state index is -1.36. The molecule has 0 aromatic carbocycles. The highest BCUT2D eigenvalue weighted by atomic mass is 16.6. The lowest BCUT2D eigenvalue weighted by Gasteiger charge is -2.25. The average Bonchev–Trinajstić information content (AvgIpc) is 2.12. The Hall–Kier alpha value is -1.23. The van der Waals surface area contributed by atoms with Crippen LogP contribution in [0.15, 0.2) is 12.7 Å². The van der Waals surface area contributed by atoms with Gasteiger partial charge in [-0.3, -0.25) is 14.9 Å². The SMILES string of the molecule is C=CCOC(C)(C[N+](=O)[O-])C(=O)C(C)C. The van der Waals surface area contributed by atoms with Gasteiger partial charge in [-0.25, -0.2) is 0 Å². The molecule has 0 aliphatic carbocycles. The van der Waals surface area contributed by atoms with Crippen molar-refractivity contribution in [2.24, 2.45) is 5.92 Å². The molecule has 5 nitrogen and oxygen atoms in total. The van der Waals surface area contributed by atoms with Crippen LogP contribution in [-0.4, -0.2) is 29.5 Å². The normalized spacial score (nSPS) is 14.7. The number of carbonyl (C=O) groups is 1. The van der Waals surface area contributed by atoms with Crippen molar-refractivity contribution in [2.45, 2.75) is 26.4 Å². The molecule has 86 valence electrons. The third-order valence-electron chi connectivity index (χ3n) is 2.00. The van der Waals surface area contributed by atoms with Crippen molar-refractivity contribution in [3.63, 3.8) is 0 Å². The van der Waals surface area contributed by atoms with Crippen molar-refractivity contribution in [2.75, 3.05) is 13.2 Å². The number of hydrogen-bond acceptors (Lipinski definition) is 4. The van der Waals surface area contributed by atoms with Gasteiger partial charge >= 0.3 is 0 Å². The fourth-order valence-corrected chi connectivity index (χ4v) is 1.29. The van der Waals surface area contributed by atoms with E-state index in [0.29, 0.717) is 0 Å². The summed E-state index contributed by atoms with van der Waals surface area (Å²) in [5.74, 6) is -0.555. The number of ketones is 1. The Balaban J connectivity index is 4.74. The number of Topliss-reactive ketones (excluding diaryl/α,β-unsaturated/α-hetero) is 1. The molecule has 0 N–H and O–H groups in total. The Morgan fingerprint density at radius 3 is 2.53 bits per heavy atom. The predicted molar refractivity (Wildman–Crippen MR) is 56.3 cm³/mol. The van der Waals surface area contributed by atoms with Gasteiger partial charge in [-0.15, -0.1) is 6.58 Å². The summed E-state index contributed by atoms with van der Waals surface area (Å²) in [5.41, 5.74) is -1.36. The summed E-state index contributed by atoms with van der Waals surface area (Å²) < 4.78 is 5.20. The number of nitrogens with zero attached hydrogens (tertiary/aromatic N) is 1. The minimum absolute atomic E-state index is 0.128. The summed E-state index contributed by atoms with van der Waals surface area (Å²) in [4.78, 5) is 21.7. The van der Waals surface area contributed by atoms with Crippen LogP contribution < -0.4 is 0 Å². The van der Waals surface area contributed by atoms with Crippen LogP contribution in [0.5, 0.6) is 0 Å². The van der Waals surface area contributed by atoms with Gasteiger partial charge in [-0.1, -0.05) is 19.9 Å². The molecule has 0 aliphatic heterocycles. The Morgan fingerprint density at radius 2 is 2.20 bits per heavy atom. The van der Waals surface area contributed by atoms with E-state index in [2.05, 4.69) is 6.58 Å². The van der Waals surface area contributed by atoms with Crippen molar-refractivity contribution < 1.29 is 14.5 Å². The molecule has 0 rings (SSSR count). The lowest BCUT2D eigenvalue weighted by atomic mass is 9.92. The van der Waals surface area contributed by atoms with E-state index in [1.807, 2.05) is 0 Å². The summed E-state index contributed by atoms with van der Waals surface area (Å²) in [6.45, 7) is 7.88. The van der Waals surface area contributed by atoms with Gasteiger partial charge in [0.1, 0.15) is 0 Å². The maximum Gasteiger partial charge on any atom is 0.239 e. The van der Waals surface area contributed by atoms with Crippen LogP contribution in [0.3, 0.4) is 0 Å². The van der Waals surface area contributed by atoms with Gasteiger partial charge in [0.2, 0.25) is 6.54 Å². The smallest absolute Gasteiger partial charge is 0.239 e. The lowest BCUT2D eigenvalue weighted by Crippen LogP contribution is -2.47. The number of nitro groups is 1. The predicted octanol–water partition coefficient (Wildman–Crippen LogP) is 1.45. The number of ether oxygens (including phenoxy) is 1. The molecule has 0 aromatic rings. The van der Waals surface area contributed by atoms with E-state index in [0.717, 1.165) is 0 Å². The molecule has 0 fully saturated rings. The second-order valence-electron chi connectivity index (χ2n) is 3.84. The number of rotatable bonds is 7. The van der Waals surface area contributed by atoms with E-state index in [1.165, 1.54) is 13.0 Å². The standard InChI is InChI=1S/C10H17NO4/c1-5-6-15-10(4,7-11(13)14)9(12)8(2)3/h5,8H,1,6-7H2,2-4H3. The molecule has 0 bridgehead atoms. The Morgan fingerprint density at radius 1 is 1.67 bits per heavy atom. The molecule has 1 atom stereocenters. The van der Waals surface area contributed by atoms with Gasteiger partial charge in [0.05, 0.1) is 6.61 Å². The molecule has 0 radical (unpaired) electrons. The van der Waals surface area contributed by atoms with Gasteiger partial charge in [-0.2, -0.15) is 0 Å². The van der Waals surface area contributed by atoms with E-state index >= 15 is 0 Å². The largest absolute Gasteiger partial charge is 0.357 e. The molecule has 0 aromatic heterocycles. The second kappa shape index (κ2) is 5.60. The molecule has 0 amide bonds. The zero-order valence-corrected chi connectivity index (χ0v) is 9.36. The maximum absolute atomic E-state index is 11.7. The molecular formula is C10H17NO4. The highest BCUT2D eigenvalue weighted by molar-refractivity contribution is 5.88. The van der Waals surface area contributed by atoms with Gasteiger partial charge in [0.25, 0.3) is 0 Å². The fraction of sp³-hybridized carbons (Fsp3) is 0.700. The Kier molecular flexibility index (Phi) is 5.14. The topological polar surface area (TPSA) is 69.4 Å². The highest BCUT2D eigenvalue weighted by Gasteiger charge is 2.40. The van der Waals surface area contributed by atoms with Gasteiger partial charge in [0, 0.05) is 10.8 Å². The van der Waals surface area contributed by atoms with Crippen LogP contribution in [0, 0.1) is 16.0 Å². The zero-order chi connectivity index (χ0) is 12.1. The average molecular weight is 215 g/mol. The van der Waals surface area contributed by atoms with E-state index in [-0.39, 0.29) is 18.3 Å². The molecule has 0 heterocycles. The Bertz CT molecular complexity index is 262. The van der Waals surface area contributed by atoms with Gasteiger partial charge < -0.3 is 4.74 Å². The molecule has 1 unspecified atom stereocenters. The molecule has 0 aliphatic rings. The van der Waals surface area contributed by atoms with E-state index < -0.39 is 17.1 Å². The summed E-state index contributed by atoms with van der Waals surface area (Å²) in [5, 5.41) is 10.5. The molecule has 5 heteroatoms. The van der Waals surface area contributed by atoms with Gasteiger partial charge in [-0.05, 0) is 6.92 Å². The second-order valence-corrected chi connectivity index (χ2v) is 3.84. The molecule has 0 saturated carbocycles. The lowest BCUT2D eigenvalue weighted by molar-refractivity contribution is -0.497. The molecule has 15 heavy (non-hydrogen) atoms. The van der Waals surface area contributed by atoms with Crippen molar-refractivity contribution >= 4 is 5.78 Å². The van der Waals surface area contributed by atoms with Crippen LogP contribution in [0.1, 0.15) is 20.8 Å². The van der Waals surface area contributed by atoms with Crippen molar-refractivity contribution in [3.05, 3.63) is 22.8 Å². The Labute approximate surface area is 89.3 Å².